The van der Waals surface area contributed by atoms with E-state index in [1.807, 2.05) is 36.4 Å². The normalized spacial score (nSPS) is 11.3. The highest BCUT2D eigenvalue weighted by atomic mass is 16.5. The molecule has 0 unspecified atom stereocenters. The van der Waals surface area contributed by atoms with Crippen LogP contribution >= 0.6 is 0 Å². The van der Waals surface area contributed by atoms with Crippen LogP contribution in [0.1, 0.15) is 81.5 Å². The van der Waals surface area contributed by atoms with Crippen LogP contribution in [0.2, 0.25) is 0 Å². The first-order valence-corrected chi connectivity index (χ1v) is 23.1. The minimum Gasteiger partial charge on any atom is -0.493 e. The molecule has 0 amide bonds. The van der Waals surface area contributed by atoms with Crippen LogP contribution in [-0.4, -0.2) is 73.7 Å². The number of aromatic carboxylic acids is 2. The molecule has 1 aliphatic rings. The van der Waals surface area contributed by atoms with E-state index in [4.69, 9.17) is 28.4 Å². The van der Waals surface area contributed by atoms with Crippen LogP contribution < -0.4 is 18.9 Å². The number of hydrogen-bond donors (Lipinski definition) is 2. The monoisotopic (exact) mass is 940 g/mol. The number of rotatable bonds is 20. The van der Waals surface area contributed by atoms with Gasteiger partial charge in [-0.05, 0) is 131 Å². The lowest BCUT2D eigenvalue weighted by Gasteiger charge is -2.22. The highest BCUT2D eigenvalue weighted by Gasteiger charge is 2.21. The quantitative estimate of drug-likeness (QED) is 0.0323. The molecule has 7 rings (SSSR count). The van der Waals surface area contributed by atoms with Gasteiger partial charge < -0.3 is 38.6 Å². The number of carbonyl (C=O) groups is 4. The summed E-state index contributed by atoms with van der Waals surface area (Å²) < 4.78 is 34.1. The molecule has 12 heteroatoms. The van der Waals surface area contributed by atoms with Crippen LogP contribution in [0.15, 0.2) is 122 Å². The van der Waals surface area contributed by atoms with Crippen LogP contribution in [0.25, 0.3) is 32.7 Å². The summed E-state index contributed by atoms with van der Waals surface area (Å²) in [7, 11) is 0. The SMILES string of the molecule is C=CC(=O)OCCCOc1ccc(C(=O)O)c(CCCC#Cc2ccc3c4c(ccc3c2)OCCOc2ccc3cc(C#CCCCc5cc(OCCCOC(=O)C=C)ccc5C(=O)O)ccc3c2-4)c1. The molecule has 1 heterocycles. The van der Waals surface area contributed by atoms with Crippen molar-refractivity contribution in [2.75, 3.05) is 39.6 Å². The van der Waals surface area contributed by atoms with E-state index in [1.165, 1.54) is 0 Å². The van der Waals surface area contributed by atoms with Crippen molar-refractivity contribution in [3.05, 3.63) is 156 Å². The highest BCUT2D eigenvalue weighted by molar-refractivity contribution is 6.10. The maximum atomic E-state index is 12.0. The van der Waals surface area contributed by atoms with Crippen LogP contribution in [0, 0.1) is 23.7 Å². The van der Waals surface area contributed by atoms with Crippen molar-refractivity contribution in [3.8, 4) is 57.8 Å². The second kappa shape index (κ2) is 24.5. The van der Waals surface area contributed by atoms with Crippen molar-refractivity contribution in [2.24, 2.45) is 0 Å². The van der Waals surface area contributed by atoms with Crippen LogP contribution in [0.5, 0.6) is 23.0 Å². The summed E-state index contributed by atoms with van der Waals surface area (Å²) in [6.45, 7) is 8.53. The molecule has 1 aliphatic heterocycles. The maximum Gasteiger partial charge on any atom is 0.335 e. The van der Waals surface area contributed by atoms with Crippen molar-refractivity contribution in [2.45, 2.75) is 51.4 Å². The fraction of sp³-hybridized carbons (Fsp3) is 0.241. The molecular formula is C58H52O12. The Balaban J connectivity index is 1.01. The predicted molar refractivity (Wildman–Crippen MR) is 267 cm³/mol. The van der Waals surface area contributed by atoms with Crippen molar-refractivity contribution in [3.63, 3.8) is 0 Å². The van der Waals surface area contributed by atoms with E-state index >= 15 is 0 Å². The van der Waals surface area contributed by atoms with Crippen molar-refractivity contribution >= 4 is 45.4 Å². The smallest absolute Gasteiger partial charge is 0.335 e. The molecule has 356 valence electrons. The number of carbonyl (C=O) groups excluding carboxylic acids is 2. The fourth-order valence-corrected chi connectivity index (χ4v) is 8.01. The van der Waals surface area contributed by atoms with Gasteiger partial charge in [0.25, 0.3) is 0 Å². The van der Waals surface area contributed by atoms with Gasteiger partial charge in [-0.25, -0.2) is 19.2 Å². The van der Waals surface area contributed by atoms with Crippen LogP contribution in [0.4, 0.5) is 0 Å². The standard InChI is InChI=1S/C58H52O12/c1-3-53(59)69-31-11-29-65-45-21-25-49(57(61)62)41(37-45)15-9-5-7-13-39-17-23-47-43(35-39)19-27-51-55(47)56-48-24-18-40(36-44(48)20-28-52(56)68-34-33-67-51)14-8-6-10-16-42-38-46(22-26-50(42)58(63)64)66-30-12-32-70-54(60)4-2/h3-4,17-28,35-38H,1-2,5-6,9-12,15-16,29-34H2,(H,61,62)(H,63,64). The molecular weight excluding hydrogens is 889 g/mol. The Kier molecular flexibility index (Phi) is 17.3. The zero-order valence-electron chi connectivity index (χ0n) is 38.7. The molecule has 0 radical (unpaired) electrons. The van der Waals surface area contributed by atoms with E-state index in [9.17, 15) is 29.4 Å². The van der Waals surface area contributed by atoms with Crippen molar-refractivity contribution < 1.29 is 57.8 Å². The Bertz CT molecular complexity index is 2860. The second-order valence-electron chi connectivity index (χ2n) is 16.2. The third kappa shape index (κ3) is 13.1. The molecule has 0 spiro atoms. The number of unbranched alkanes of at least 4 members (excludes halogenated alkanes) is 2. The summed E-state index contributed by atoms with van der Waals surface area (Å²) in [5, 5.41) is 23.5. The van der Waals surface area contributed by atoms with E-state index in [-0.39, 0.29) is 24.3 Å². The zero-order valence-corrected chi connectivity index (χ0v) is 38.7. The third-order valence-electron chi connectivity index (χ3n) is 11.3. The molecule has 0 saturated heterocycles. The summed E-state index contributed by atoms with van der Waals surface area (Å²) in [6.07, 6.45) is 6.58. The van der Waals surface area contributed by atoms with E-state index in [0.717, 1.165) is 67.4 Å². The number of carboxylic acids is 2. The van der Waals surface area contributed by atoms with Gasteiger partial charge in [-0.3, -0.25) is 0 Å². The maximum absolute atomic E-state index is 12.0. The lowest BCUT2D eigenvalue weighted by Crippen LogP contribution is -2.12. The largest absolute Gasteiger partial charge is 0.493 e. The minimum atomic E-state index is -1.01. The highest BCUT2D eigenvalue weighted by Crippen LogP contribution is 2.46. The molecule has 6 aromatic carbocycles. The lowest BCUT2D eigenvalue weighted by molar-refractivity contribution is -0.138. The molecule has 70 heavy (non-hydrogen) atoms. The zero-order chi connectivity index (χ0) is 49.2. The summed E-state index contributed by atoms with van der Waals surface area (Å²) in [4.78, 5) is 46.4. The molecule has 0 bridgehead atoms. The average Bonchev–Trinajstić information content (AvgIpc) is 3.35. The first-order valence-electron chi connectivity index (χ1n) is 23.1. The Morgan fingerprint density at radius 2 is 0.986 bits per heavy atom. The van der Waals surface area contributed by atoms with E-state index < -0.39 is 23.9 Å². The van der Waals surface area contributed by atoms with Gasteiger partial charge in [-0.1, -0.05) is 61.1 Å². The molecule has 0 saturated carbocycles. The number of ether oxygens (including phenoxy) is 6. The summed E-state index contributed by atoms with van der Waals surface area (Å²) in [6, 6.07) is 30.1. The molecule has 2 N–H and O–H groups in total. The molecule has 0 aromatic heterocycles. The molecule has 0 fully saturated rings. The third-order valence-corrected chi connectivity index (χ3v) is 11.3. The van der Waals surface area contributed by atoms with E-state index in [1.54, 1.807) is 36.4 Å². The lowest BCUT2D eigenvalue weighted by atomic mass is 9.91. The number of fused-ring (bicyclic) bond motifs is 7. The Morgan fingerprint density at radius 3 is 1.40 bits per heavy atom. The van der Waals surface area contributed by atoms with Gasteiger partial charge in [-0.15, -0.1) is 0 Å². The number of esters is 2. The molecule has 0 atom stereocenters. The fourth-order valence-electron chi connectivity index (χ4n) is 8.01. The van der Waals surface area contributed by atoms with Gasteiger partial charge in [0.2, 0.25) is 0 Å². The summed E-state index contributed by atoms with van der Waals surface area (Å²) in [5.74, 6) is 12.7. The number of aryl methyl sites for hydroxylation is 2. The van der Waals surface area contributed by atoms with Crippen molar-refractivity contribution in [1.82, 2.24) is 0 Å². The number of benzene rings is 6. The van der Waals surface area contributed by atoms with E-state index in [0.29, 0.717) is 100 Å². The van der Waals surface area contributed by atoms with Gasteiger partial charge >= 0.3 is 23.9 Å². The van der Waals surface area contributed by atoms with Gasteiger partial charge in [0.05, 0.1) is 37.6 Å². The van der Waals surface area contributed by atoms with Crippen LogP contribution in [0.3, 0.4) is 0 Å². The van der Waals surface area contributed by atoms with Crippen molar-refractivity contribution in [1.29, 1.82) is 0 Å². The summed E-state index contributed by atoms with van der Waals surface area (Å²) in [5.41, 5.74) is 5.31. The molecule has 6 aromatic rings. The Hall–Kier alpha value is -8.48. The summed E-state index contributed by atoms with van der Waals surface area (Å²) >= 11 is 0. The van der Waals surface area contributed by atoms with E-state index in [2.05, 4.69) is 61.1 Å². The topological polar surface area (TPSA) is 164 Å². The Labute approximate surface area is 406 Å². The minimum absolute atomic E-state index is 0.195. The van der Waals surface area contributed by atoms with Crippen LogP contribution in [-0.2, 0) is 31.9 Å². The predicted octanol–water partition coefficient (Wildman–Crippen LogP) is 10.6. The van der Waals surface area contributed by atoms with Gasteiger partial charge in [-0.2, -0.15) is 0 Å². The number of carboxylic acid groups (broad SMARTS) is 2. The first kappa shape index (κ1) is 49.4. The van der Waals surface area contributed by atoms with Gasteiger partial charge in [0.15, 0.2) is 0 Å². The van der Waals surface area contributed by atoms with Gasteiger partial charge in [0, 0.05) is 60.1 Å². The number of hydrogen-bond acceptors (Lipinski definition) is 10. The average molecular weight is 941 g/mol. The molecule has 0 aliphatic carbocycles. The molecule has 12 nitrogen and oxygen atoms in total. The Morgan fingerprint density at radius 1 is 0.543 bits per heavy atom. The van der Waals surface area contributed by atoms with Gasteiger partial charge in [0.1, 0.15) is 36.2 Å². The second-order valence-corrected chi connectivity index (χ2v) is 16.2. The first-order chi connectivity index (χ1) is 34.1.